The van der Waals surface area contributed by atoms with Gasteiger partial charge in [-0.1, -0.05) is 19.3 Å². The van der Waals surface area contributed by atoms with Gasteiger partial charge in [0.25, 0.3) is 5.91 Å². The molecule has 2 aromatic rings. The number of carbonyl (C=O) groups is 2. The third kappa shape index (κ3) is 2.96. The Morgan fingerprint density at radius 3 is 2.74 bits per heavy atom. The summed E-state index contributed by atoms with van der Waals surface area (Å²) in [7, 11) is 0. The van der Waals surface area contributed by atoms with Crippen molar-refractivity contribution in [3.63, 3.8) is 0 Å². The minimum absolute atomic E-state index is 0.0988. The van der Waals surface area contributed by atoms with Gasteiger partial charge >= 0.3 is 5.97 Å². The van der Waals surface area contributed by atoms with Gasteiger partial charge in [-0.05, 0) is 24.8 Å². The largest absolute Gasteiger partial charge is 0.505 e. The monoisotopic (exact) mass is 318 g/mol. The lowest BCUT2D eigenvalue weighted by Gasteiger charge is -2.22. The second-order valence-electron chi connectivity index (χ2n) is 5.74. The molecule has 23 heavy (non-hydrogen) atoms. The molecule has 1 aliphatic rings. The summed E-state index contributed by atoms with van der Waals surface area (Å²) in [4.78, 5) is 26.9. The fourth-order valence-corrected chi connectivity index (χ4v) is 3.16. The molecule has 0 unspecified atom stereocenters. The molecule has 1 amide bonds. The quantitative estimate of drug-likeness (QED) is 0.782. The van der Waals surface area contributed by atoms with Crippen LogP contribution >= 0.6 is 0 Å². The van der Waals surface area contributed by atoms with Crippen molar-refractivity contribution in [3.8, 4) is 5.75 Å². The SMILES string of the molecule is O=C(O)CNC(=O)c1c(O)cc(C2CCCCC2)c2ncnn12. The first kappa shape index (κ1) is 15.3. The summed E-state index contributed by atoms with van der Waals surface area (Å²) in [5.74, 6) is -1.79. The Morgan fingerprint density at radius 2 is 2.04 bits per heavy atom. The summed E-state index contributed by atoms with van der Waals surface area (Å²) >= 11 is 0. The van der Waals surface area contributed by atoms with Gasteiger partial charge in [-0.25, -0.2) is 9.50 Å². The summed E-state index contributed by atoms with van der Waals surface area (Å²) in [6, 6.07) is 1.57. The Bertz CT molecular complexity index is 749. The van der Waals surface area contributed by atoms with Gasteiger partial charge in [0.15, 0.2) is 11.3 Å². The van der Waals surface area contributed by atoms with Crippen LogP contribution in [0.4, 0.5) is 0 Å². The topological polar surface area (TPSA) is 117 Å². The Morgan fingerprint density at radius 1 is 1.30 bits per heavy atom. The van der Waals surface area contributed by atoms with E-state index in [-0.39, 0.29) is 17.4 Å². The van der Waals surface area contributed by atoms with E-state index in [2.05, 4.69) is 15.4 Å². The van der Waals surface area contributed by atoms with Crippen LogP contribution in [-0.4, -0.2) is 43.2 Å². The molecule has 1 saturated carbocycles. The van der Waals surface area contributed by atoms with Crippen LogP contribution in [0.15, 0.2) is 12.4 Å². The zero-order valence-corrected chi connectivity index (χ0v) is 12.5. The number of aromatic hydroxyl groups is 1. The highest BCUT2D eigenvalue weighted by atomic mass is 16.4. The van der Waals surface area contributed by atoms with Crippen LogP contribution in [0.25, 0.3) is 5.65 Å². The molecule has 3 rings (SSSR count). The highest BCUT2D eigenvalue weighted by Crippen LogP contribution is 2.36. The number of rotatable bonds is 4. The number of aliphatic carboxylic acids is 1. The van der Waals surface area contributed by atoms with Crippen molar-refractivity contribution in [2.75, 3.05) is 6.54 Å². The number of hydrogen-bond donors (Lipinski definition) is 3. The third-order valence-corrected chi connectivity index (χ3v) is 4.21. The van der Waals surface area contributed by atoms with Crippen molar-refractivity contribution in [2.45, 2.75) is 38.0 Å². The van der Waals surface area contributed by atoms with E-state index in [4.69, 9.17) is 5.11 Å². The van der Waals surface area contributed by atoms with Gasteiger partial charge in [0, 0.05) is 5.56 Å². The highest BCUT2D eigenvalue weighted by Gasteiger charge is 2.25. The number of carboxylic acid groups (broad SMARTS) is 1. The fraction of sp³-hybridized carbons (Fsp3) is 0.467. The molecule has 0 aliphatic heterocycles. The lowest BCUT2D eigenvalue weighted by Crippen LogP contribution is -2.31. The molecule has 122 valence electrons. The van der Waals surface area contributed by atoms with Gasteiger partial charge in [0.2, 0.25) is 0 Å². The van der Waals surface area contributed by atoms with E-state index in [1.165, 1.54) is 17.3 Å². The standard InChI is InChI=1S/C15H18N4O4/c20-11-6-10(9-4-2-1-3-5-9)14-17-8-18-19(14)13(11)15(23)16-7-12(21)22/h6,8-9,20H,1-5,7H2,(H,16,23)(H,21,22). The number of hydrogen-bond acceptors (Lipinski definition) is 5. The smallest absolute Gasteiger partial charge is 0.322 e. The molecule has 0 spiro atoms. The van der Waals surface area contributed by atoms with Gasteiger partial charge in [0.05, 0.1) is 0 Å². The minimum atomic E-state index is -1.16. The van der Waals surface area contributed by atoms with E-state index < -0.39 is 18.4 Å². The first-order valence-electron chi connectivity index (χ1n) is 7.63. The maximum absolute atomic E-state index is 12.1. The van der Waals surface area contributed by atoms with E-state index in [0.29, 0.717) is 5.65 Å². The predicted octanol–water partition coefficient (Wildman–Crippen LogP) is 1.30. The Hall–Kier alpha value is -2.64. The molecular formula is C15H18N4O4. The van der Waals surface area contributed by atoms with E-state index >= 15 is 0 Å². The van der Waals surface area contributed by atoms with E-state index in [1.807, 2.05) is 0 Å². The highest BCUT2D eigenvalue weighted by molar-refractivity contribution is 5.97. The van der Waals surface area contributed by atoms with Gasteiger partial charge in [0.1, 0.15) is 18.6 Å². The molecule has 1 aliphatic carbocycles. The van der Waals surface area contributed by atoms with Crippen molar-refractivity contribution in [1.29, 1.82) is 0 Å². The maximum atomic E-state index is 12.1. The van der Waals surface area contributed by atoms with Crippen LogP contribution in [0.2, 0.25) is 0 Å². The molecule has 0 atom stereocenters. The molecule has 8 heteroatoms. The molecule has 0 saturated heterocycles. The van der Waals surface area contributed by atoms with Gasteiger partial charge in [-0.3, -0.25) is 9.59 Å². The number of carbonyl (C=O) groups excluding carboxylic acids is 1. The van der Waals surface area contributed by atoms with Crippen LogP contribution in [0.5, 0.6) is 5.75 Å². The second-order valence-corrected chi connectivity index (χ2v) is 5.74. The van der Waals surface area contributed by atoms with Crippen molar-refractivity contribution in [2.24, 2.45) is 0 Å². The van der Waals surface area contributed by atoms with E-state index in [9.17, 15) is 14.7 Å². The Kier molecular flexibility index (Phi) is 4.14. The van der Waals surface area contributed by atoms with Crippen molar-refractivity contribution >= 4 is 17.5 Å². The average Bonchev–Trinajstić information content (AvgIpc) is 3.01. The molecule has 1 fully saturated rings. The number of carboxylic acids is 1. The summed E-state index contributed by atoms with van der Waals surface area (Å²) in [6.45, 7) is -0.529. The van der Waals surface area contributed by atoms with E-state index in [0.717, 1.165) is 31.2 Å². The number of fused-ring (bicyclic) bond motifs is 1. The molecule has 8 nitrogen and oxygen atoms in total. The Labute approximate surface area is 132 Å². The zero-order chi connectivity index (χ0) is 16.4. The molecular weight excluding hydrogens is 300 g/mol. The van der Waals surface area contributed by atoms with Gasteiger partial charge in [-0.15, -0.1) is 0 Å². The number of aromatic nitrogens is 3. The molecule has 2 heterocycles. The van der Waals surface area contributed by atoms with Crippen molar-refractivity contribution in [3.05, 3.63) is 23.7 Å². The normalized spacial score (nSPS) is 15.7. The zero-order valence-electron chi connectivity index (χ0n) is 12.5. The predicted molar refractivity (Wildman–Crippen MR) is 80.4 cm³/mol. The minimum Gasteiger partial charge on any atom is -0.505 e. The summed E-state index contributed by atoms with van der Waals surface area (Å²) in [5.41, 5.74) is 1.32. The molecule has 0 radical (unpaired) electrons. The number of nitrogens with one attached hydrogen (secondary N) is 1. The van der Waals surface area contributed by atoms with Crippen molar-refractivity contribution < 1.29 is 19.8 Å². The molecule has 2 aromatic heterocycles. The van der Waals surface area contributed by atoms with Crippen LogP contribution in [0.3, 0.4) is 0 Å². The van der Waals surface area contributed by atoms with Crippen molar-refractivity contribution in [1.82, 2.24) is 19.9 Å². The number of amides is 1. The van der Waals surface area contributed by atoms with Crippen LogP contribution < -0.4 is 5.32 Å². The van der Waals surface area contributed by atoms with Crippen LogP contribution in [-0.2, 0) is 4.79 Å². The molecule has 0 bridgehead atoms. The van der Waals surface area contributed by atoms with E-state index in [1.54, 1.807) is 6.07 Å². The number of nitrogens with zero attached hydrogens (tertiary/aromatic N) is 3. The molecule has 3 N–H and O–H groups in total. The van der Waals surface area contributed by atoms with Gasteiger partial charge < -0.3 is 15.5 Å². The van der Waals surface area contributed by atoms with Gasteiger partial charge in [-0.2, -0.15) is 5.10 Å². The first-order valence-corrected chi connectivity index (χ1v) is 7.63. The number of pyridine rings is 1. The summed E-state index contributed by atoms with van der Waals surface area (Å²) in [6.07, 6.45) is 6.84. The summed E-state index contributed by atoms with van der Waals surface area (Å²) in [5, 5.41) is 25.2. The second kappa shape index (κ2) is 6.23. The molecule has 0 aromatic carbocycles. The Balaban J connectivity index is 2.00. The summed E-state index contributed by atoms with van der Waals surface area (Å²) < 4.78 is 1.29. The lowest BCUT2D eigenvalue weighted by molar-refractivity contribution is -0.135. The average molecular weight is 318 g/mol. The lowest BCUT2D eigenvalue weighted by atomic mass is 9.84. The fourth-order valence-electron chi connectivity index (χ4n) is 3.16. The first-order chi connectivity index (χ1) is 11.1. The maximum Gasteiger partial charge on any atom is 0.322 e. The van der Waals surface area contributed by atoms with Crippen LogP contribution in [0.1, 0.15) is 54.1 Å². The third-order valence-electron chi connectivity index (χ3n) is 4.21. The van der Waals surface area contributed by atoms with Crippen LogP contribution in [0, 0.1) is 0 Å².